The molecule has 0 bridgehead atoms. The van der Waals surface area contributed by atoms with Gasteiger partial charge in [0.25, 0.3) is 0 Å². The molecular formula is C24H23N7. The third kappa shape index (κ3) is 3.17. The highest BCUT2D eigenvalue weighted by Gasteiger charge is 2.41. The highest BCUT2D eigenvalue weighted by molar-refractivity contribution is 5.76. The van der Waals surface area contributed by atoms with Crippen LogP contribution in [0.15, 0.2) is 55.0 Å². The van der Waals surface area contributed by atoms with E-state index in [0.717, 1.165) is 72.1 Å². The molecule has 1 N–H and O–H groups in total. The van der Waals surface area contributed by atoms with Crippen LogP contribution in [0.4, 0.5) is 11.6 Å². The summed E-state index contributed by atoms with van der Waals surface area (Å²) in [6.07, 6.45) is 8.49. The van der Waals surface area contributed by atoms with Crippen LogP contribution in [-0.4, -0.2) is 43.5 Å². The van der Waals surface area contributed by atoms with Gasteiger partial charge in [0.15, 0.2) is 11.5 Å². The maximum Gasteiger partial charge on any atom is 0.161 e. The fourth-order valence-electron chi connectivity index (χ4n) is 4.79. The largest absolute Gasteiger partial charge is 0.363 e. The Morgan fingerprint density at radius 2 is 1.84 bits per heavy atom. The van der Waals surface area contributed by atoms with E-state index in [2.05, 4.69) is 43.4 Å². The normalized spacial score (nSPS) is 20.1. The first-order valence-electron chi connectivity index (χ1n) is 10.7. The van der Waals surface area contributed by atoms with E-state index >= 15 is 0 Å². The van der Waals surface area contributed by atoms with E-state index in [0.29, 0.717) is 0 Å². The van der Waals surface area contributed by atoms with Crippen molar-refractivity contribution in [3.8, 4) is 11.4 Å². The van der Waals surface area contributed by atoms with Crippen molar-refractivity contribution in [2.75, 3.05) is 23.3 Å². The molecular weight excluding hydrogens is 386 g/mol. The van der Waals surface area contributed by atoms with Gasteiger partial charge >= 0.3 is 0 Å². The smallest absolute Gasteiger partial charge is 0.161 e. The van der Waals surface area contributed by atoms with Crippen LogP contribution < -0.4 is 10.2 Å². The van der Waals surface area contributed by atoms with Crippen LogP contribution in [0, 0.1) is 6.92 Å². The van der Waals surface area contributed by atoms with E-state index in [4.69, 9.17) is 9.97 Å². The average molecular weight is 409 g/mol. The summed E-state index contributed by atoms with van der Waals surface area (Å²) in [5, 5.41) is 4.86. The van der Waals surface area contributed by atoms with Crippen molar-refractivity contribution in [1.29, 1.82) is 0 Å². The first-order valence-corrected chi connectivity index (χ1v) is 10.7. The van der Waals surface area contributed by atoms with Crippen molar-refractivity contribution in [2.24, 2.45) is 0 Å². The maximum atomic E-state index is 4.91. The number of nitrogens with one attached hydrogen (secondary N) is 1. The lowest BCUT2D eigenvalue weighted by atomic mass is 9.86. The minimum atomic E-state index is 0.0258. The lowest BCUT2D eigenvalue weighted by Gasteiger charge is -2.36. The van der Waals surface area contributed by atoms with Crippen LogP contribution in [0.3, 0.4) is 0 Å². The molecule has 31 heavy (non-hydrogen) atoms. The molecule has 6 heterocycles. The second-order valence-corrected chi connectivity index (χ2v) is 8.50. The topological polar surface area (TPSA) is 79.7 Å². The summed E-state index contributed by atoms with van der Waals surface area (Å²) in [5.41, 5.74) is 4.03. The van der Waals surface area contributed by atoms with Gasteiger partial charge in [-0.2, -0.15) is 0 Å². The van der Waals surface area contributed by atoms with Crippen molar-refractivity contribution in [1.82, 2.24) is 24.9 Å². The number of aryl methyl sites for hydroxylation is 2. The Hall–Kier alpha value is -3.61. The van der Waals surface area contributed by atoms with Gasteiger partial charge in [0.2, 0.25) is 0 Å². The predicted molar refractivity (Wildman–Crippen MR) is 121 cm³/mol. The van der Waals surface area contributed by atoms with Gasteiger partial charge in [-0.05, 0) is 68.1 Å². The summed E-state index contributed by atoms with van der Waals surface area (Å²) < 4.78 is 0. The van der Waals surface area contributed by atoms with E-state index in [9.17, 15) is 0 Å². The molecule has 0 saturated carbocycles. The summed E-state index contributed by atoms with van der Waals surface area (Å²) in [6.45, 7) is 3.92. The molecule has 4 aromatic rings. The molecule has 4 aromatic heterocycles. The Morgan fingerprint density at radius 1 is 0.968 bits per heavy atom. The molecule has 1 atom stereocenters. The van der Waals surface area contributed by atoms with E-state index < -0.39 is 0 Å². The molecule has 2 aliphatic heterocycles. The van der Waals surface area contributed by atoms with E-state index in [1.165, 1.54) is 5.56 Å². The van der Waals surface area contributed by atoms with Crippen LogP contribution in [0.25, 0.3) is 22.4 Å². The zero-order valence-corrected chi connectivity index (χ0v) is 17.4. The first-order chi connectivity index (χ1) is 15.2. The third-order valence-electron chi connectivity index (χ3n) is 6.48. The summed E-state index contributed by atoms with van der Waals surface area (Å²) in [4.78, 5) is 25.3. The molecule has 1 fully saturated rings. The molecule has 0 aromatic carbocycles. The highest BCUT2D eigenvalue weighted by Crippen LogP contribution is 2.38. The number of anilines is 2. The molecule has 1 spiro atoms. The average Bonchev–Trinajstić information content (AvgIpc) is 3.22. The van der Waals surface area contributed by atoms with Gasteiger partial charge in [-0.3, -0.25) is 0 Å². The molecule has 6 rings (SSSR count). The third-order valence-corrected chi connectivity index (χ3v) is 6.48. The van der Waals surface area contributed by atoms with Gasteiger partial charge in [-0.15, -0.1) is 0 Å². The monoisotopic (exact) mass is 409 g/mol. The fraction of sp³-hybridized carbons (Fsp3) is 0.292. The number of hydrogen-bond acceptors (Lipinski definition) is 7. The van der Waals surface area contributed by atoms with Crippen LogP contribution in [0.5, 0.6) is 0 Å². The number of pyridine rings is 3. The van der Waals surface area contributed by atoms with Gasteiger partial charge in [0.1, 0.15) is 11.6 Å². The SMILES string of the molecule is Cc1nc2c(cc1-c1ncccn1)CC[C@@]1(CCN(c3ccc4cccnc4n3)C1)N2. The van der Waals surface area contributed by atoms with Crippen molar-refractivity contribution >= 4 is 22.7 Å². The molecule has 0 unspecified atom stereocenters. The minimum absolute atomic E-state index is 0.0258. The van der Waals surface area contributed by atoms with Crippen molar-refractivity contribution in [3.05, 3.63) is 66.2 Å². The standard InChI is InChI=1S/C24H23N7/c1-16-19(23-26-11-3-12-27-23)14-18-7-8-24(30-22(18)28-16)9-13-31(15-24)20-6-5-17-4-2-10-25-21(17)29-20/h2-6,10-12,14H,7-9,13,15H2,1H3,(H,28,30)/t24-/m0/s1. The predicted octanol–water partition coefficient (Wildman–Crippen LogP) is 3.80. The van der Waals surface area contributed by atoms with Gasteiger partial charge in [-0.1, -0.05) is 0 Å². The van der Waals surface area contributed by atoms with Gasteiger partial charge in [-0.25, -0.2) is 24.9 Å². The molecule has 7 heteroatoms. The van der Waals surface area contributed by atoms with E-state index in [-0.39, 0.29) is 5.54 Å². The summed E-state index contributed by atoms with van der Waals surface area (Å²) in [5.74, 6) is 2.73. The van der Waals surface area contributed by atoms with E-state index in [1.54, 1.807) is 18.6 Å². The Labute approximate surface area is 180 Å². The van der Waals surface area contributed by atoms with Crippen LogP contribution in [0.1, 0.15) is 24.1 Å². The minimum Gasteiger partial charge on any atom is -0.363 e. The second-order valence-electron chi connectivity index (χ2n) is 8.50. The molecule has 7 nitrogen and oxygen atoms in total. The highest BCUT2D eigenvalue weighted by atomic mass is 15.3. The Bertz CT molecular complexity index is 1270. The summed E-state index contributed by atoms with van der Waals surface area (Å²) >= 11 is 0. The van der Waals surface area contributed by atoms with Gasteiger partial charge < -0.3 is 10.2 Å². The van der Waals surface area contributed by atoms with E-state index in [1.807, 2.05) is 25.1 Å². The molecule has 0 amide bonds. The number of fused-ring (bicyclic) bond motifs is 2. The number of nitrogens with zero attached hydrogens (tertiary/aromatic N) is 6. The van der Waals surface area contributed by atoms with Crippen molar-refractivity contribution in [2.45, 2.75) is 31.7 Å². The fourth-order valence-corrected chi connectivity index (χ4v) is 4.79. The quantitative estimate of drug-likeness (QED) is 0.539. The molecule has 0 aliphatic carbocycles. The van der Waals surface area contributed by atoms with Crippen molar-refractivity contribution in [3.63, 3.8) is 0 Å². The maximum absolute atomic E-state index is 4.91. The Kier molecular flexibility index (Phi) is 4.09. The lowest BCUT2D eigenvalue weighted by molar-refractivity contribution is 0.458. The Morgan fingerprint density at radius 3 is 2.74 bits per heavy atom. The molecule has 154 valence electrons. The molecule has 2 aliphatic rings. The summed E-state index contributed by atoms with van der Waals surface area (Å²) in [7, 11) is 0. The van der Waals surface area contributed by atoms with Crippen molar-refractivity contribution < 1.29 is 0 Å². The number of aromatic nitrogens is 5. The van der Waals surface area contributed by atoms with Crippen LogP contribution in [0.2, 0.25) is 0 Å². The van der Waals surface area contributed by atoms with Crippen LogP contribution in [-0.2, 0) is 6.42 Å². The van der Waals surface area contributed by atoms with Gasteiger partial charge in [0, 0.05) is 42.6 Å². The molecule has 1 saturated heterocycles. The zero-order chi connectivity index (χ0) is 20.8. The lowest BCUT2D eigenvalue weighted by Crippen LogP contribution is -2.44. The summed E-state index contributed by atoms with van der Waals surface area (Å²) in [6, 6.07) is 12.2. The Balaban J connectivity index is 1.26. The van der Waals surface area contributed by atoms with Crippen LogP contribution >= 0.6 is 0 Å². The first kappa shape index (κ1) is 18.2. The number of rotatable bonds is 2. The number of hydrogen-bond donors (Lipinski definition) is 1. The van der Waals surface area contributed by atoms with Gasteiger partial charge in [0.05, 0.1) is 11.2 Å². The zero-order valence-electron chi connectivity index (χ0n) is 17.4. The molecule has 0 radical (unpaired) electrons. The second kappa shape index (κ2) is 6.97.